The molecule has 0 saturated heterocycles. The van der Waals surface area contributed by atoms with Crippen LogP contribution in [0.15, 0.2) is 18.3 Å². The van der Waals surface area contributed by atoms with E-state index < -0.39 is 0 Å². The van der Waals surface area contributed by atoms with Crippen molar-refractivity contribution in [2.45, 2.75) is 46.6 Å². The third-order valence-corrected chi connectivity index (χ3v) is 3.75. The van der Waals surface area contributed by atoms with Gasteiger partial charge >= 0.3 is 0 Å². The van der Waals surface area contributed by atoms with E-state index in [1.54, 1.807) is 0 Å². The first-order chi connectivity index (χ1) is 8.54. The predicted molar refractivity (Wildman–Crippen MR) is 79.2 cm³/mol. The summed E-state index contributed by atoms with van der Waals surface area (Å²) in [5.74, 6) is 0.564. The van der Waals surface area contributed by atoms with Gasteiger partial charge in [-0.25, -0.2) is 0 Å². The molecular formula is C16H24N2. The van der Waals surface area contributed by atoms with E-state index in [1.807, 2.05) is 0 Å². The molecule has 1 heterocycles. The second-order valence-electron chi connectivity index (χ2n) is 5.53. The standard InChI is InChI=1S/C16H24N2/c1-11(2)15-10-18(7-5-6-17)16-9-13(4)12(3)8-14(15)16/h8-11H,5-7,17H2,1-4H3. The molecular weight excluding hydrogens is 220 g/mol. The van der Waals surface area contributed by atoms with Crippen LogP contribution in [-0.2, 0) is 6.54 Å². The van der Waals surface area contributed by atoms with E-state index in [9.17, 15) is 0 Å². The highest BCUT2D eigenvalue weighted by atomic mass is 15.0. The molecule has 0 aliphatic carbocycles. The molecule has 0 atom stereocenters. The van der Waals surface area contributed by atoms with Crippen molar-refractivity contribution < 1.29 is 0 Å². The van der Waals surface area contributed by atoms with Crippen LogP contribution in [0.25, 0.3) is 10.9 Å². The summed E-state index contributed by atoms with van der Waals surface area (Å²) in [6.07, 6.45) is 3.35. The van der Waals surface area contributed by atoms with Gasteiger partial charge in [0.05, 0.1) is 0 Å². The van der Waals surface area contributed by atoms with Gasteiger partial charge in [-0.2, -0.15) is 0 Å². The Balaban J connectivity index is 2.61. The normalized spacial score (nSPS) is 11.7. The van der Waals surface area contributed by atoms with Gasteiger partial charge in [0, 0.05) is 23.6 Å². The van der Waals surface area contributed by atoms with Crippen LogP contribution in [0, 0.1) is 13.8 Å². The lowest BCUT2D eigenvalue weighted by Gasteiger charge is -2.06. The van der Waals surface area contributed by atoms with Crippen LogP contribution in [0.5, 0.6) is 0 Å². The van der Waals surface area contributed by atoms with Crippen LogP contribution < -0.4 is 5.73 Å². The van der Waals surface area contributed by atoms with Crippen molar-refractivity contribution in [1.82, 2.24) is 4.57 Å². The topological polar surface area (TPSA) is 30.9 Å². The fourth-order valence-electron chi connectivity index (χ4n) is 2.48. The van der Waals surface area contributed by atoms with E-state index in [-0.39, 0.29) is 0 Å². The highest BCUT2D eigenvalue weighted by Crippen LogP contribution is 2.30. The highest BCUT2D eigenvalue weighted by molar-refractivity contribution is 5.86. The van der Waals surface area contributed by atoms with E-state index in [4.69, 9.17) is 5.73 Å². The molecule has 0 unspecified atom stereocenters. The molecule has 0 bridgehead atoms. The van der Waals surface area contributed by atoms with Gasteiger partial charge in [0.1, 0.15) is 0 Å². The minimum atomic E-state index is 0.564. The third-order valence-electron chi connectivity index (χ3n) is 3.75. The van der Waals surface area contributed by atoms with Gasteiger partial charge in [0.15, 0.2) is 0 Å². The molecule has 0 fully saturated rings. The summed E-state index contributed by atoms with van der Waals surface area (Å²) < 4.78 is 2.37. The maximum atomic E-state index is 5.63. The van der Waals surface area contributed by atoms with Crippen molar-refractivity contribution in [1.29, 1.82) is 0 Å². The Hall–Kier alpha value is -1.28. The van der Waals surface area contributed by atoms with Crippen LogP contribution >= 0.6 is 0 Å². The summed E-state index contributed by atoms with van der Waals surface area (Å²) in [4.78, 5) is 0. The van der Waals surface area contributed by atoms with E-state index in [0.29, 0.717) is 5.92 Å². The Morgan fingerprint density at radius 1 is 1.17 bits per heavy atom. The molecule has 1 aromatic heterocycles. The van der Waals surface area contributed by atoms with Gasteiger partial charge in [-0.1, -0.05) is 13.8 Å². The average Bonchev–Trinajstić information content (AvgIpc) is 2.66. The smallest absolute Gasteiger partial charge is 0.0486 e. The molecule has 0 aliphatic heterocycles. The van der Waals surface area contributed by atoms with E-state index in [0.717, 1.165) is 19.5 Å². The lowest BCUT2D eigenvalue weighted by atomic mass is 9.99. The third kappa shape index (κ3) is 2.30. The minimum Gasteiger partial charge on any atom is -0.347 e. The van der Waals surface area contributed by atoms with E-state index in [2.05, 4.69) is 50.6 Å². The van der Waals surface area contributed by atoms with Crippen LogP contribution in [0.3, 0.4) is 0 Å². The zero-order valence-corrected chi connectivity index (χ0v) is 12.0. The molecule has 2 aromatic rings. The first-order valence-corrected chi connectivity index (χ1v) is 6.84. The summed E-state index contributed by atoms with van der Waals surface area (Å²) in [7, 11) is 0. The van der Waals surface area contributed by atoms with Crippen LogP contribution in [0.2, 0.25) is 0 Å². The van der Waals surface area contributed by atoms with Crippen LogP contribution in [-0.4, -0.2) is 11.1 Å². The van der Waals surface area contributed by atoms with E-state index in [1.165, 1.54) is 27.6 Å². The van der Waals surface area contributed by atoms with Crippen molar-refractivity contribution >= 4 is 10.9 Å². The Labute approximate surface area is 110 Å². The van der Waals surface area contributed by atoms with Crippen molar-refractivity contribution in [2.24, 2.45) is 5.73 Å². The number of nitrogens with zero attached hydrogens (tertiary/aromatic N) is 1. The van der Waals surface area contributed by atoms with Crippen molar-refractivity contribution in [2.75, 3.05) is 6.54 Å². The summed E-state index contributed by atoms with van der Waals surface area (Å²) in [6, 6.07) is 4.64. The number of aromatic nitrogens is 1. The zero-order valence-electron chi connectivity index (χ0n) is 12.0. The summed E-state index contributed by atoms with van der Waals surface area (Å²) >= 11 is 0. The summed E-state index contributed by atoms with van der Waals surface area (Å²) in [6.45, 7) is 10.7. The number of hydrogen-bond donors (Lipinski definition) is 1. The monoisotopic (exact) mass is 244 g/mol. The number of aryl methyl sites for hydroxylation is 3. The summed E-state index contributed by atoms with van der Waals surface area (Å²) in [5.41, 5.74) is 11.2. The molecule has 2 heteroatoms. The number of nitrogens with two attached hydrogens (primary N) is 1. The Morgan fingerprint density at radius 3 is 2.44 bits per heavy atom. The second-order valence-corrected chi connectivity index (χ2v) is 5.53. The second kappa shape index (κ2) is 5.15. The molecule has 2 nitrogen and oxygen atoms in total. The zero-order chi connectivity index (χ0) is 13.3. The molecule has 0 saturated carbocycles. The first-order valence-electron chi connectivity index (χ1n) is 6.84. The predicted octanol–water partition coefficient (Wildman–Crippen LogP) is 3.73. The van der Waals surface area contributed by atoms with Gasteiger partial charge in [-0.05, 0) is 61.6 Å². The molecule has 0 radical (unpaired) electrons. The number of hydrogen-bond acceptors (Lipinski definition) is 1. The van der Waals surface area contributed by atoms with Gasteiger partial charge in [-0.3, -0.25) is 0 Å². The molecule has 2 rings (SSSR count). The maximum absolute atomic E-state index is 5.63. The van der Waals surface area contributed by atoms with Gasteiger partial charge < -0.3 is 10.3 Å². The Bertz CT molecular complexity index is 550. The molecule has 0 aliphatic rings. The molecule has 2 N–H and O–H groups in total. The van der Waals surface area contributed by atoms with Crippen molar-refractivity contribution in [3.63, 3.8) is 0 Å². The molecule has 0 spiro atoms. The largest absolute Gasteiger partial charge is 0.347 e. The SMILES string of the molecule is Cc1cc2c(C(C)C)cn(CCCN)c2cc1C. The highest BCUT2D eigenvalue weighted by Gasteiger charge is 2.12. The van der Waals surface area contributed by atoms with Gasteiger partial charge in [-0.15, -0.1) is 0 Å². The fraction of sp³-hybridized carbons (Fsp3) is 0.500. The first kappa shape index (κ1) is 13.2. The quantitative estimate of drug-likeness (QED) is 0.873. The van der Waals surface area contributed by atoms with Crippen LogP contribution in [0.1, 0.15) is 42.9 Å². The molecule has 18 heavy (non-hydrogen) atoms. The van der Waals surface area contributed by atoms with Gasteiger partial charge in [0.25, 0.3) is 0 Å². The number of rotatable bonds is 4. The molecule has 0 amide bonds. The molecule has 1 aromatic carbocycles. The Morgan fingerprint density at radius 2 is 1.83 bits per heavy atom. The molecule has 98 valence electrons. The lowest BCUT2D eigenvalue weighted by molar-refractivity contribution is 0.666. The minimum absolute atomic E-state index is 0.564. The van der Waals surface area contributed by atoms with Crippen molar-refractivity contribution in [3.05, 3.63) is 35.0 Å². The maximum Gasteiger partial charge on any atom is 0.0486 e. The number of fused-ring (bicyclic) bond motifs is 1. The fourth-order valence-corrected chi connectivity index (χ4v) is 2.48. The van der Waals surface area contributed by atoms with Crippen molar-refractivity contribution in [3.8, 4) is 0 Å². The lowest BCUT2D eigenvalue weighted by Crippen LogP contribution is -2.04. The van der Waals surface area contributed by atoms with Crippen LogP contribution in [0.4, 0.5) is 0 Å². The van der Waals surface area contributed by atoms with Gasteiger partial charge in [0.2, 0.25) is 0 Å². The average molecular weight is 244 g/mol. The number of benzene rings is 1. The Kier molecular flexibility index (Phi) is 3.76. The summed E-state index contributed by atoms with van der Waals surface area (Å²) in [5, 5.41) is 1.41. The van der Waals surface area contributed by atoms with E-state index >= 15 is 0 Å².